The number of para-hydroxylation sites is 1. The van der Waals surface area contributed by atoms with E-state index in [2.05, 4.69) is 10.2 Å². The molecule has 0 saturated carbocycles. The zero-order chi connectivity index (χ0) is 18.1. The number of nitrogens with zero attached hydrogens (tertiary/aromatic N) is 1. The molecule has 0 spiro atoms. The molecule has 1 aliphatic rings. The molecule has 136 valence electrons. The number of nitrogens with one attached hydrogen (secondary N) is 1. The lowest BCUT2D eigenvalue weighted by Gasteiger charge is -2.25. The van der Waals surface area contributed by atoms with E-state index in [1.165, 1.54) is 12.8 Å². The van der Waals surface area contributed by atoms with Gasteiger partial charge in [0.2, 0.25) is 0 Å². The van der Waals surface area contributed by atoms with E-state index >= 15 is 0 Å². The fraction of sp³-hybridized carbons (Fsp3) is 0.350. The zero-order valence-electron chi connectivity index (χ0n) is 14.6. The first kappa shape index (κ1) is 17.2. The summed E-state index contributed by atoms with van der Waals surface area (Å²) in [5.74, 6) is 0.954. The van der Waals surface area contributed by atoms with E-state index in [1.807, 2.05) is 31.2 Å². The number of hydrogen-bond acceptors (Lipinski definition) is 4. The summed E-state index contributed by atoms with van der Waals surface area (Å²) >= 11 is 6.18. The minimum Gasteiger partial charge on any atom is -0.468 e. The summed E-state index contributed by atoms with van der Waals surface area (Å²) in [6.07, 6.45) is 4.02. The van der Waals surface area contributed by atoms with Crippen LogP contribution in [0.4, 0.5) is 0 Å². The van der Waals surface area contributed by atoms with Crippen molar-refractivity contribution in [3.8, 4) is 0 Å². The Hall–Kier alpha value is -2.24. The topological polar surface area (TPSA) is 58.6 Å². The molecule has 4 rings (SSSR count). The molecule has 1 fully saturated rings. The summed E-state index contributed by atoms with van der Waals surface area (Å²) < 4.78 is 11.4. The average molecular weight is 373 g/mol. The van der Waals surface area contributed by atoms with E-state index in [9.17, 15) is 4.79 Å². The highest BCUT2D eigenvalue weighted by atomic mass is 35.5. The number of carbonyl (C=O) groups excluding carboxylic acids is 1. The minimum atomic E-state index is -0.231. The Labute approximate surface area is 156 Å². The highest BCUT2D eigenvalue weighted by Crippen LogP contribution is 2.31. The molecule has 0 radical (unpaired) electrons. The second kappa shape index (κ2) is 7.17. The lowest BCUT2D eigenvalue weighted by atomic mass is 10.1. The van der Waals surface area contributed by atoms with Crippen LogP contribution in [0.1, 0.15) is 40.8 Å². The van der Waals surface area contributed by atoms with E-state index in [-0.39, 0.29) is 11.9 Å². The van der Waals surface area contributed by atoms with Gasteiger partial charge in [-0.1, -0.05) is 23.7 Å². The Morgan fingerprint density at radius 2 is 2.08 bits per heavy atom. The number of likely N-dealkylation sites (tertiary alicyclic amines) is 1. The van der Waals surface area contributed by atoms with Gasteiger partial charge in [0.25, 0.3) is 5.91 Å². The Balaban J connectivity index is 1.54. The third-order valence-corrected chi connectivity index (χ3v) is 5.33. The molecule has 3 aromatic rings. The molecule has 3 heterocycles. The molecule has 6 heteroatoms. The maximum atomic E-state index is 12.7. The highest BCUT2D eigenvalue weighted by molar-refractivity contribution is 6.35. The zero-order valence-corrected chi connectivity index (χ0v) is 15.4. The van der Waals surface area contributed by atoms with Crippen molar-refractivity contribution in [2.24, 2.45) is 0 Å². The molecule has 26 heavy (non-hydrogen) atoms. The van der Waals surface area contributed by atoms with Crippen LogP contribution < -0.4 is 5.32 Å². The molecule has 1 aliphatic heterocycles. The normalized spacial score (nSPS) is 16.2. The second-order valence-electron chi connectivity index (χ2n) is 6.66. The van der Waals surface area contributed by atoms with Gasteiger partial charge in [0.15, 0.2) is 11.3 Å². The van der Waals surface area contributed by atoms with Gasteiger partial charge in [0, 0.05) is 17.5 Å². The van der Waals surface area contributed by atoms with Gasteiger partial charge in [-0.2, -0.15) is 0 Å². The molecular formula is C20H21ClN2O3. The maximum Gasteiger partial charge on any atom is 0.287 e. The predicted octanol–water partition coefficient (Wildman–Crippen LogP) is 4.55. The number of fused-ring (bicyclic) bond motifs is 1. The average Bonchev–Trinajstić information content (AvgIpc) is 3.38. The number of halogens is 1. The van der Waals surface area contributed by atoms with Crippen LogP contribution in [0.2, 0.25) is 5.02 Å². The van der Waals surface area contributed by atoms with Gasteiger partial charge in [-0.15, -0.1) is 0 Å². The van der Waals surface area contributed by atoms with Crippen molar-refractivity contribution in [3.63, 3.8) is 0 Å². The van der Waals surface area contributed by atoms with Crippen LogP contribution in [0.15, 0.2) is 45.4 Å². The van der Waals surface area contributed by atoms with Gasteiger partial charge in [0.05, 0.1) is 17.3 Å². The van der Waals surface area contributed by atoms with Crippen LogP contribution in [0.25, 0.3) is 11.0 Å². The van der Waals surface area contributed by atoms with Crippen LogP contribution in [0.3, 0.4) is 0 Å². The first-order chi connectivity index (χ1) is 12.6. The Morgan fingerprint density at radius 1 is 1.27 bits per heavy atom. The van der Waals surface area contributed by atoms with Gasteiger partial charge in [-0.3, -0.25) is 9.69 Å². The summed E-state index contributed by atoms with van der Waals surface area (Å²) in [5.41, 5.74) is 1.36. The van der Waals surface area contributed by atoms with Gasteiger partial charge in [0.1, 0.15) is 5.76 Å². The van der Waals surface area contributed by atoms with Crippen LogP contribution in [0.5, 0.6) is 0 Å². The van der Waals surface area contributed by atoms with Gasteiger partial charge in [-0.05, 0) is 51.1 Å². The van der Waals surface area contributed by atoms with Crippen molar-refractivity contribution in [1.82, 2.24) is 10.2 Å². The number of rotatable bonds is 5. The van der Waals surface area contributed by atoms with Crippen molar-refractivity contribution in [1.29, 1.82) is 0 Å². The molecule has 0 bridgehead atoms. The lowest BCUT2D eigenvalue weighted by molar-refractivity contribution is 0.0907. The number of benzene rings is 1. The fourth-order valence-corrected chi connectivity index (χ4v) is 3.85. The number of amides is 1. The summed E-state index contributed by atoms with van der Waals surface area (Å²) in [5, 5.41) is 4.38. The van der Waals surface area contributed by atoms with Crippen LogP contribution in [-0.2, 0) is 0 Å². The van der Waals surface area contributed by atoms with E-state index in [0.717, 1.165) is 29.8 Å². The van der Waals surface area contributed by atoms with Crippen molar-refractivity contribution in [2.45, 2.75) is 25.8 Å². The van der Waals surface area contributed by atoms with Crippen LogP contribution in [-0.4, -0.2) is 30.4 Å². The first-order valence-corrected chi connectivity index (χ1v) is 9.26. The molecule has 1 saturated heterocycles. The summed E-state index contributed by atoms with van der Waals surface area (Å²) in [6, 6.07) is 9.40. The second-order valence-corrected chi connectivity index (χ2v) is 7.06. The van der Waals surface area contributed by atoms with Crippen LogP contribution >= 0.6 is 11.6 Å². The highest BCUT2D eigenvalue weighted by Gasteiger charge is 2.27. The first-order valence-electron chi connectivity index (χ1n) is 8.88. The van der Waals surface area contributed by atoms with Gasteiger partial charge < -0.3 is 14.2 Å². The van der Waals surface area contributed by atoms with Gasteiger partial charge in [-0.25, -0.2) is 0 Å². The van der Waals surface area contributed by atoms with Crippen LogP contribution in [0, 0.1) is 6.92 Å². The number of hydrogen-bond donors (Lipinski definition) is 1. The van der Waals surface area contributed by atoms with E-state index in [4.69, 9.17) is 20.4 Å². The smallest absolute Gasteiger partial charge is 0.287 e. The van der Waals surface area contributed by atoms with E-state index in [0.29, 0.717) is 22.9 Å². The maximum absolute atomic E-state index is 12.7. The quantitative estimate of drug-likeness (QED) is 0.713. The third-order valence-electron chi connectivity index (χ3n) is 5.03. The summed E-state index contributed by atoms with van der Waals surface area (Å²) in [4.78, 5) is 15.1. The molecule has 2 aromatic heterocycles. The molecule has 1 amide bonds. The van der Waals surface area contributed by atoms with E-state index in [1.54, 1.807) is 12.3 Å². The molecule has 0 unspecified atom stereocenters. The van der Waals surface area contributed by atoms with Crippen molar-refractivity contribution < 1.29 is 13.6 Å². The van der Waals surface area contributed by atoms with Crippen molar-refractivity contribution in [3.05, 3.63) is 58.7 Å². The van der Waals surface area contributed by atoms with E-state index < -0.39 is 0 Å². The monoisotopic (exact) mass is 372 g/mol. The lowest BCUT2D eigenvalue weighted by Crippen LogP contribution is -2.36. The number of aryl methyl sites for hydroxylation is 1. The molecule has 1 N–H and O–H groups in total. The molecule has 5 nitrogen and oxygen atoms in total. The Kier molecular flexibility index (Phi) is 4.74. The van der Waals surface area contributed by atoms with Gasteiger partial charge >= 0.3 is 0 Å². The number of furan rings is 2. The Bertz CT molecular complexity index is 911. The fourth-order valence-electron chi connectivity index (χ4n) is 3.64. The molecule has 1 aromatic carbocycles. The molecule has 0 aliphatic carbocycles. The minimum absolute atomic E-state index is 0.0322. The molecule has 1 atom stereocenters. The largest absolute Gasteiger partial charge is 0.468 e. The summed E-state index contributed by atoms with van der Waals surface area (Å²) in [7, 11) is 0. The standard InChI is InChI=1S/C20H21ClN2O3/c1-13-14-6-4-7-15(21)19(14)26-18(13)20(24)22-12-16(17-8-5-11-25-17)23-9-2-3-10-23/h4-8,11,16H,2-3,9-10,12H2,1H3,(H,22,24)/t16-/m1/s1. The third kappa shape index (κ3) is 3.13. The van der Waals surface area contributed by atoms with Crippen molar-refractivity contribution in [2.75, 3.05) is 19.6 Å². The summed E-state index contributed by atoms with van der Waals surface area (Å²) in [6.45, 7) is 4.37. The predicted molar refractivity (Wildman–Crippen MR) is 101 cm³/mol. The molecular weight excluding hydrogens is 352 g/mol. The number of carbonyl (C=O) groups is 1. The SMILES string of the molecule is Cc1c(C(=O)NC[C@H](c2ccco2)N2CCCC2)oc2c(Cl)cccc12. The van der Waals surface area contributed by atoms with Crippen molar-refractivity contribution >= 4 is 28.5 Å². The Morgan fingerprint density at radius 3 is 2.77 bits per heavy atom.